The molecule has 0 amide bonds. The molecule has 0 aromatic carbocycles. The number of hydrogen-bond donors (Lipinski definition) is 2. The van der Waals surface area contributed by atoms with Gasteiger partial charge in [0.25, 0.3) is 0 Å². The summed E-state index contributed by atoms with van der Waals surface area (Å²) in [6.07, 6.45) is 6.38. The lowest BCUT2D eigenvalue weighted by atomic mass is 9.85. The minimum absolute atomic E-state index is 0.354. The van der Waals surface area contributed by atoms with Gasteiger partial charge in [0.15, 0.2) is 11.6 Å². The minimum atomic E-state index is -0.986. The van der Waals surface area contributed by atoms with E-state index in [-0.39, 0.29) is 12.2 Å². The number of rotatable bonds is 0. The van der Waals surface area contributed by atoms with E-state index in [1.165, 1.54) is 12.8 Å². The number of fused-ring (bicyclic) bond motifs is 3. The molecule has 6 nitrogen and oxygen atoms in total. The third-order valence-corrected chi connectivity index (χ3v) is 6.63. The maximum Gasteiger partial charge on any atom is 0.169 e. The highest BCUT2D eigenvalue weighted by atomic mass is 16.8. The summed E-state index contributed by atoms with van der Waals surface area (Å²) in [5.41, 5.74) is 0. The van der Waals surface area contributed by atoms with E-state index in [4.69, 9.17) is 18.9 Å². The van der Waals surface area contributed by atoms with Crippen molar-refractivity contribution in [1.29, 1.82) is 0 Å². The van der Waals surface area contributed by atoms with Gasteiger partial charge < -0.3 is 29.2 Å². The Balaban J connectivity index is 1.42. The van der Waals surface area contributed by atoms with Crippen LogP contribution in [0.1, 0.15) is 64.2 Å². The Morgan fingerprint density at radius 3 is 1.21 bits per heavy atom. The molecule has 5 fully saturated rings. The van der Waals surface area contributed by atoms with Crippen LogP contribution in [0.2, 0.25) is 0 Å². The molecule has 2 saturated heterocycles. The minimum Gasteiger partial charge on any atom is -0.387 e. The summed E-state index contributed by atoms with van der Waals surface area (Å²) in [7, 11) is 0. The predicted octanol–water partition coefficient (Wildman–Crippen LogP) is 1.61. The van der Waals surface area contributed by atoms with Crippen LogP contribution < -0.4 is 0 Å². The first-order valence-electron chi connectivity index (χ1n) is 9.69. The Morgan fingerprint density at radius 1 is 0.500 bits per heavy atom. The first-order valence-corrected chi connectivity index (χ1v) is 9.69. The Kier molecular flexibility index (Phi) is 3.75. The summed E-state index contributed by atoms with van der Waals surface area (Å²) in [5.74, 6) is -1.20. The van der Waals surface area contributed by atoms with Gasteiger partial charge >= 0.3 is 0 Å². The molecule has 2 aliphatic heterocycles. The lowest BCUT2D eigenvalue weighted by molar-refractivity contribution is -0.224. The quantitative estimate of drug-likeness (QED) is 0.698. The van der Waals surface area contributed by atoms with Gasteiger partial charge in [0.05, 0.1) is 0 Å². The fraction of sp³-hybridized carbons (Fsp3) is 1.00. The molecule has 6 heteroatoms. The molecule has 2 N–H and O–H groups in total. The van der Waals surface area contributed by atoms with Crippen molar-refractivity contribution in [2.45, 2.75) is 112 Å². The van der Waals surface area contributed by atoms with Crippen molar-refractivity contribution in [3.63, 3.8) is 0 Å². The second-order valence-electron chi connectivity index (χ2n) is 8.25. The summed E-state index contributed by atoms with van der Waals surface area (Å²) in [6, 6.07) is 0. The largest absolute Gasteiger partial charge is 0.387 e. The van der Waals surface area contributed by atoms with E-state index in [2.05, 4.69) is 0 Å². The smallest absolute Gasteiger partial charge is 0.169 e. The van der Waals surface area contributed by atoms with E-state index in [0.29, 0.717) is 0 Å². The zero-order valence-electron chi connectivity index (χ0n) is 14.1. The second-order valence-corrected chi connectivity index (χ2v) is 8.25. The molecule has 0 radical (unpaired) electrons. The van der Waals surface area contributed by atoms with Crippen LogP contribution in [0.25, 0.3) is 0 Å². The van der Waals surface area contributed by atoms with Crippen LogP contribution in [0, 0.1) is 0 Å². The van der Waals surface area contributed by atoms with Crippen LogP contribution in [0.3, 0.4) is 0 Å². The Bertz CT molecular complexity index is 440. The Labute approximate surface area is 142 Å². The Hall–Kier alpha value is -0.240. The monoisotopic (exact) mass is 340 g/mol. The maximum absolute atomic E-state index is 10.6. The number of aliphatic hydroxyl groups excluding tert-OH is 2. The second kappa shape index (κ2) is 5.63. The van der Waals surface area contributed by atoms with Crippen LogP contribution in [0.4, 0.5) is 0 Å². The highest BCUT2D eigenvalue weighted by molar-refractivity contribution is 5.09. The lowest BCUT2D eigenvalue weighted by Gasteiger charge is -2.38. The highest BCUT2D eigenvalue weighted by Crippen LogP contribution is 2.51. The number of ether oxygens (including phenoxy) is 4. The third kappa shape index (κ3) is 2.31. The summed E-state index contributed by atoms with van der Waals surface area (Å²) < 4.78 is 25.1. The van der Waals surface area contributed by atoms with Crippen molar-refractivity contribution in [2.75, 3.05) is 0 Å². The molecule has 0 aromatic rings. The number of aliphatic hydroxyl groups is 2. The summed E-state index contributed by atoms with van der Waals surface area (Å²) in [6.45, 7) is 0. The molecule has 2 spiro atoms. The van der Waals surface area contributed by atoms with E-state index in [1.54, 1.807) is 0 Å². The molecule has 5 aliphatic rings. The first kappa shape index (κ1) is 16.0. The van der Waals surface area contributed by atoms with E-state index < -0.39 is 36.0 Å². The van der Waals surface area contributed by atoms with Gasteiger partial charge in [-0.25, -0.2) is 0 Å². The van der Waals surface area contributed by atoms with Crippen molar-refractivity contribution in [1.82, 2.24) is 0 Å². The van der Waals surface area contributed by atoms with Crippen molar-refractivity contribution in [2.24, 2.45) is 0 Å². The normalized spacial score (nSPS) is 49.2. The van der Waals surface area contributed by atoms with Crippen molar-refractivity contribution in [3.05, 3.63) is 0 Å². The topological polar surface area (TPSA) is 77.4 Å². The van der Waals surface area contributed by atoms with Crippen LogP contribution in [-0.4, -0.2) is 58.4 Å². The molecule has 3 saturated carbocycles. The van der Waals surface area contributed by atoms with E-state index >= 15 is 0 Å². The molecule has 6 atom stereocenters. The molecule has 0 bridgehead atoms. The van der Waals surface area contributed by atoms with Crippen LogP contribution in [0.5, 0.6) is 0 Å². The van der Waals surface area contributed by atoms with Gasteiger partial charge in [0.2, 0.25) is 0 Å². The zero-order valence-corrected chi connectivity index (χ0v) is 14.1. The van der Waals surface area contributed by atoms with Gasteiger partial charge in [0.1, 0.15) is 36.6 Å². The average Bonchev–Trinajstić information content (AvgIpc) is 3.14. The van der Waals surface area contributed by atoms with Crippen LogP contribution in [0.15, 0.2) is 0 Å². The van der Waals surface area contributed by atoms with Gasteiger partial charge in [-0.1, -0.05) is 12.8 Å². The van der Waals surface area contributed by atoms with Crippen molar-refractivity contribution < 1.29 is 29.2 Å². The Morgan fingerprint density at radius 2 is 0.833 bits per heavy atom. The molecule has 0 unspecified atom stereocenters. The molecule has 0 aromatic heterocycles. The molecule has 5 rings (SSSR count). The van der Waals surface area contributed by atoms with Gasteiger partial charge in [-0.05, 0) is 25.7 Å². The van der Waals surface area contributed by atoms with Crippen LogP contribution >= 0.6 is 0 Å². The third-order valence-electron chi connectivity index (χ3n) is 6.63. The standard InChI is InChI=1S/C18H28O6/c19-11-12(20)14-16(24-18(22-14)9-5-2-6-10-18)15-13(11)21-17(23-15)7-3-1-4-8-17/h11-16,19-20H,1-10H2/t11-,12+,13-,14+,15-,16-/m1/s1. The van der Waals surface area contributed by atoms with E-state index in [0.717, 1.165) is 51.4 Å². The first-order chi connectivity index (χ1) is 11.6. The van der Waals surface area contributed by atoms with Crippen molar-refractivity contribution in [3.8, 4) is 0 Å². The summed E-state index contributed by atoms with van der Waals surface area (Å²) in [4.78, 5) is 0. The SMILES string of the molecule is O[C@@H]1[C@H](O)[C@@H]2OC3(CCCCC3)O[C@H]2[C@@H]2OC3(CCCCC3)O[C@H]12. The van der Waals surface area contributed by atoms with Gasteiger partial charge in [-0.3, -0.25) is 0 Å². The number of hydrogen-bond acceptors (Lipinski definition) is 6. The van der Waals surface area contributed by atoms with Gasteiger partial charge in [-0.2, -0.15) is 0 Å². The highest BCUT2D eigenvalue weighted by Gasteiger charge is 2.65. The fourth-order valence-electron chi connectivity index (χ4n) is 5.39. The average molecular weight is 340 g/mol. The fourth-order valence-corrected chi connectivity index (χ4v) is 5.39. The van der Waals surface area contributed by atoms with E-state index in [9.17, 15) is 10.2 Å². The molecule has 2 heterocycles. The zero-order chi connectivity index (χ0) is 16.4. The maximum atomic E-state index is 10.6. The summed E-state index contributed by atoms with van der Waals surface area (Å²) in [5, 5.41) is 21.2. The summed E-state index contributed by atoms with van der Waals surface area (Å²) >= 11 is 0. The van der Waals surface area contributed by atoms with E-state index in [1.807, 2.05) is 0 Å². The molecular formula is C18H28O6. The molecule has 136 valence electrons. The molecular weight excluding hydrogens is 312 g/mol. The van der Waals surface area contributed by atoms with Crippen LogP contribution in [-0.2, 0) is 18.9 Å². The predicted molar refractivity (Wildman–Crippen MR) is 83.1 cm³/mol. The lowest BCUT2D eigenvalue weighted by Crippen LogP contribution is -2.61. The van der Waals surface area contributed by atoms with Gasteiger partial charge in [-0.15, -0.1) is 0 Å². The molecule has 3 aliphatic carbocycles. The van der Waals surface area contributed by atoms with Crippen molar-refractivity contribution >= 4 is 0 Å². The van der Waals surface area contributed by atoms with Gasteiger partial charge in [0, 0.05) is 25.7 Å². The molecule has 24 heavy (non-hydrogen) atoms.